The number of hydrogen-bond donors (Lipinski definition) is 2. The van der Waals surface area contributed by atoms with Crippen LogP contribution in [-0.4, -0.2) is 32.2 Å². The molecule has 0 aliphatic carbocycles. The summed E-state index contributed by atoms with van der Waals surface area (Å²) in [6.45, 7) is 1.10. The molecule has 0 spiro atoms. The molecule has 0 unspecified atom stereocenters. The van der Waals surface area contributed by atoms with E-state index >= 15 is 0 Å². The van der Waals surface area contributed by atoms with Crippen LogP contribution in [0.1, 0.15) is 10.5 Å². The number of nitrogens with zero attached hydrogens (tertiary/aromatic N) is 4. The topological polar surface area (TPSA) is 98.7 Å². The number of halogens is 1. The van der Waals surface area contributed by atoms with Crippen molar-refractivity contribution in [3.63, 3.8) is 0 Å². The lowest BCUT2D eigenvalue weighted by Crippen LogP contribution is -2.14. The average molecular weight is 267 g/mol. The SMILES string of the molecule is NCCn1cnc(C(=O)Nc2ccc(Cl)nn2)c1. The second-order valence-electron chi connectivity index (χ2n) is 3.48. The number of anilines is 1. The Bertz CT molecular complexity index is 538. The average Bonchev–Trinajstić information content (AvgIpc) is 2.81. The zero-order chi connectivity index (χ0) is 13.0. The molecule has 8 heteroatoms. The fourth-order valence-corrected chi connectivity index (χ4v) is 1.41. The van der Waals surface area contributed by atoms with Gasteiger partial charge in [-0.3, -0.25) is 4.79 Å². The molecule has 7 nitrogen and oxygen atoms in total. The van der Waals surface area contributed by atoms with Gasteiger partial charge in [-0.25, -0.2) is 4.98 Å². The maximum absolute atomic E-state index is 11.8. The number of carbonyl (C=O) groups is 1. The molecule has 1 amide bonds. The van der Waals surface area contributed by atoms with Crippen LogP contribution in [0.4, 0.5) is 5.82 Å². The highest BCUT2D eigenvalue weighted by molar-refractivity contribution is 6.29. The van der Waals surface area contributed by atoms with Crippen molar-refractivity contribution in [1.82, 2.24) is 19.7 Å². The van der Waals surface area contributed by atoms with Gasteiger partial charge in [0.1, 0.15) is 5.69 Å². The van der Waals surface area contributed by atoms with Gasteiger partial charge in [0, 0.05) is 19.3 Å². The van der Waals surface area contributed by atoms with Gasteiger partial charge in [-0.1, -0.05) is 11.6 Å². The molecule has 0 aliphatic heterocycles. The Balaban J connectivity index is 2.04. The Morgan fingerprint density at radius 1 is 1.44 bits per heavy atom. The first-order valence-corrected chi connectivity index (χ1v) is 5.59. The van der Waals surface area contributed by atoms with E-state index in [1.54, 1.807) is 23.2 Å². The zero-order valence-electron chi connectivity index (χ0n) is 9.38. The largest absolute Gasteiger partial charge is 0.335 e. The van der Waals surface area contributed by atoms with Crippen LogP contribution in [0.5, 0.6) is 0 Å². The van der Waals surface area contributed by atoms with Crippen molar-refractivity contribution >= 4 is 23.3 Å². The van der Waals surface area contributed by atoms with Crippen LogP contribution in [0.15, 0.2) is 24.7 Å². The Morgan fingerprint density at radius 2 is 2.28 bits per heavy atom. The van der Waals surface area contributed by atoms with Crippen LogP contribution in [0.25, 0.3) is 0 Å². The number of carbonyl (C=O) groups excluding carboxylic acids is 1. The van der Waals surface area contributed by atoms with Crippen LogP contribution in [0, 0.1) is 0 Å². The van der Waals surface area contributed by atoms with Crippen molar-refractivity contribution < 1.29 is 4.79 Å². The minimum atomic E-state index is -0.359. The Kier molecular flexibility index (Phi) is 3.85. The third-order valence-corrected chi connectivity index (χ3v) is 2.33. The van der Waals surface area contributed by atoms with Crippen LogP contribution < -0.4 is 11.1 Å². The molecule has 0 saturated carbocycles. The molecule has 0 aliphatic rings. The quantitative estimate of drug-likeness (QED) is 0.841. The molecule has 0 bridgehead atoms. The number of nitrogens with two attached hydrogens (primary N) is 1. The Hall–Kier alpha value is -1.99. The summed E-state index contributed by atoms with van der Waals surface area (Å²) in [5.41, 5.74) is 5.70. The summed E-state index contributed by atoms with van der Waals surface area (Å²) in [5, 5.41) is 10.2. The fourth-order valence-electron chi connectivity index (χ4n) is 1.31. The lowest BCUT2D eigenvalue weighted by Gasteiger charge is -2.00. The van der Waals surface area contributed by atoms with E-state index in [2.05, 4.69) is 20.5 Å². The van der Waals surface area contributed by atoms with Gasteiger partial charge < -0.3 is 15.6 Å². The summed E-state index contributed by atoms with van der Waals surface area (Å²) in [4.78, 5) is 15.8. The van der Waals surface area contributed by atoms with Crippen molar-refractivity contribution in [3.05, 3.63) is 35.5 Å². The van der Waals surface area contributed by atoms with Gasteiger partial charge in [-0.15, -0.1) is 10.2 Å². The highest BCUT2D eigenvalue weighted by atomic mass is 35.5. The lowest BCUT2D eigenvalue weighted by molar-refractivity contribution is 0.102. The molecule has 0 saturated heterocycles. The molecule has 18 heavy (non-hydrogen) atoms. The van der Waals surface area contributed by atoms with E-state index in [0.29, 0.717) is 24.6 Å². The predicted octanol–water partition coefficient (Wildman–Crippen LogP) is 0.537. The highest BCUT2D eigenvalue weighted by Gasteiger charge is 2.10. The number of rotatable bonds is 4. The van der Waals surface area contributed by atoms with E-state index in [1.165, 1.54) is 6.07 Å². The van der Waals surface area contributed by atoms with Gasteiger partial charge in [0.2, 0.25) is 0 Å². The first-order chi connectivity index (χ1) is 8.69. The molecular weight excluding hydrogens is 256 g/mol. The minimum Gasteiger partial charge on any atom is -0.335 e. The van der Waals surface area contributed by atoms with E-state index in [9.17, 15) is 4.79 Å². The second kappa shape index (κ2) is 5.56. The lowest BCUT2D eigenvalue weighted by atomic mass is 10.4. The maximum Gasteiger partial charge on any atom is 0.277 e. The third-order valence-electron chi connectivity index (χ3n) is 2.13. The molecular formula is C10H11ClN6O. The monoisotopic (exact) mass is 266 g/mol. The summed E-state index contributed by atoms with van der Waals surface area (Å²) in [7, 11) is 0. The van der Waals surface area contributed by atoms with Gasteiger partial charge in [-0.2, -0.15) is 0 Å². The molecule has 0 aromatic carbocycles. The second-order valence-corrected chi connectivity index (χ2v) is 3.87. The van der Waals surface area contributed by atoms with Crippen molar-refractivity contribution in [1.29, 1.82) is 0 Å². The highest BCUT2D eigenvalue weighted by Crippen LogP contribution is 2.07. The van der Waals surface area contributed by atoms with Crippen LogP contribution >= 0.6 is 11.6 Å². The molecule has 2 aromatic rings. The van der Waals surface area contributed by atoms with Gasteiger partial charge in [0.25, 0.3) is 5.91 Å². The zero-order valence-corrected chi connectivity index (χ0v) is 10.1. The van der Waals surface area contributed by atoms with Gasteiger partial charge in [0.05, 0.1) is 6.33 Å². The first-order valence-electron chi connectivity index (χ1n) is 5.21. The molecule has 94 valence electrons. The third kappa shape index (κ3) is 3.02. The standard InChI is InChI=1S/C10H11ClN6O/c11-8-1-2-9(16-15-8)14-10(18)7-5-17(4-3-12)6-13-7/h1-2,5-6H,3-4,12H2,(H,14,16,18). The molecule has 3 N–H and O–H groups in total. The fraction of sp³-hybridized carbons (Fsp3) is 0.200. The van der Waals surface area contributed by atoms with Crippen molar-refractivity contribution in [2.24, 2.45) is 5.73 Å². The summed E-state index contributed by atoms with van der Waals surface area (Å²) in [6.07, 6.45) is 3.17. The van der Waals surface area contributed by atoms with Crippen LogP contribution in [0.3, 0.4) is 0 Å². The van der Waals surface area contributed by atoms with E-state index in [1.807, 2.05) is 0 Å². The maximum atomic E-state index is 11.8. The molecule has 2 aromatic heterocycles. The first kappa shape index (κ1) is 12.5. The van der Waals surface area contributed by atoms with E-state index in [0.717, 1.165) is 0 Å². The summed E-state index contributed by atoms with van der Waals surface area (Å²) in [5.74, 6) is -0.0415. The summed E-state index contributed by atoms with van der Waals surface area (Å²) < 4.78 is 1.74. The number of aromatic nitrogens is 4. The van der Waals surface area contributed by atoms with Crippen molar-refractivity contribution in [2.45, 2.75) is 6.54 Å². The van der Waals surface area contributed by atoms with E-state index < -0.39 is 0 Å². The van der Waals surface area contributed by atoms with Gasteiger partial charge in [0.15, 0.2) is 11.0 Å². The van der Waals surface area contributed by atoms with Crippen LogP contribution in [0.2, 0.25) is 5.15 Å². The Morgan fingerprint density at radius 3 is 2.94 bits per heavy atom. The normalized spacial score (nSPS) is 10.3. The molecule has 0 fully saturated rings. The summed E-state index contributed by atoms with van der Waals surface area (Å²) >= 11 is 5.59. The Labute approximate surface area is 108 Å². The van der Waals surface area contributed by atoms with Gasteiger partial charge in [-0.05, 0) is 12.1 Å². The van der Waals surface area contributed by atoms with Crippen LogP contribution in [-0.2, 0) is 6.54 Å². The van der Waals surface area contributed by atoms with Crippen molar-refractivity contribution in [3.8, 4) is 0 Å². The molecule has 2 heterocycles. The number of amides is 1. The van der Waals surface area contributed by atoms with E-state index in [4.69, 9.17) is 17.3 Å². The minimum absolute atomic E-state index is 0.264. The predicted molar refractivity (Wildman–Crippen MR) is 66.3 cm³/mol. The number of nitrogens with one attached hydrogen (secondary N) is 1. The molecule has 0 radical (unpaired) electrons. The summed E-state index contributed by atoms with van der Waals surface area (Å²) in [6, 6.07) is 3.10. The van der Waals surface area contributed by atoms with E-state index in [-0.39, 0.29) is 11.1 Å². The van der Waals surface area contributed by atoms with Gasteiger partial charge >= 0.3 is 0 Å². The molecule has 2 rings (SSSR count). The smallest absolute Gasteiger partial charge is 0.277 e. The number of hydrogen-bond acceptors (Lipinski definition) is 5. The number of imidazole rings is 1. The van der Waals surface area contributed by atoms with Crippen molar-refractivity contribution in [2.75, 3.05) is 11.9 Å². The molecule has 0 atom stereocenters.